The standard InChI is InChI=1S/C20H20N4O2S/c1-26-17-8-3-2-6-15(17)19-23-22-18(27-19)14-9-12-24(13-10-14)20(25)16-7-4-5-11-21-16/h2-8,11,14H,9-10,12-13H2,1H3. The smallest absolute Gasteiger partial charge is 0.272 e. The molecule has 1 aliphatic heterocycles. The van der Waals surface area contributed by atoms with E-state index in [4.69, 9.17) is 4.74 Å². The van der Waals surface area contributed by atoms with E-state index in [1.54, 1.807) is 30.7 Å². The third kappa shape index (κ3) is 3.68. The van der Waals surface area contributed by atoms with Crippen molar-refractivity contribution < 1.29 is 9.53 Å². The van der Waals surface area contributed by atoms with Crippen LogP contribution >= 0.6 is 11.3 Å². The quantitative estimate of drug-likeness (QED) is 0.691. The zero-order valence-electron chi connectivity index (χ0n) is 15.0. The van der Waals surface area contributed by atoms with E-state index >= 15 is 0 Å². The number of likely N-dealkylation sites (tertiary alicyclic amines) is 1. The van der Waals surface area contributed by atoms with E-state index in [1.807, 2.05) is 41.3 Å². The van der Waals surface area contributed by atoms with Crippen molar-refractivity contribution in [3.05, 3.63) is 59.4 Å². The van der Waals surface area contributed by atoms with Crippen LogP contribution in [0.25, 0.3) is 10.6 Å². The van der Waals surface area contributed by atoms with E-state index in [0.29, 0.717) is 24.7 Å². The molecule has 0 unspecified atom stereocenters. The Kier molecular flexibility index (Phi) is 5.11. The molecule has 138 valence electrons. The molecule has 6 nitrogen and oxygen atoms in total. The predicted octanol–water partition coefficient (Wildman–Crippen LogP) is 3.63. The molecule has 2 aromatic heterocycles. The van der Waals surface area contributed by atoms with Gasteiger partial charge in [0, 0.05) is 25.2 Å². The minimum absolute atomic E-state index is 0.000949. The molecule has 0 radical (unpaired) electrons. The van der Waals surface area contributed by atoms with Crippen LogP contribution in [0.5, 0.6) is 5.75 Å². The highest BCUT2D eigenvalue weighted by Gasteiger charge is 2.27. The molecule has 1 aromatic carbocycles. The molecular weight excluding hydrogens is 360 g/mol. The van der Waals surface area contributed by atoms with Crippen molar-refractivity contribution >= 4 is 17.2 Å². The van der Waals surface area contributed by atoms with Crippen LogP contribution in [0.4, 0.5) is 0 Å². The van der Waals surface area contributed by atoms with E-state index in [0.717, 1.165) is 34.2 Å². The number of piperidine rings is 1. The lowest BCUT2D eigenvalue weighted by Crippen LogP contribution is -2.38. The van der Waals surface area contributed by atoms with Crippen LogP contribution in [0, 0.1) is 0 Å². The second-order valence-electron chi connectivity index (χ2n) is 6.43. The van der Waals surface area contributed by atoms with Gasteiger partial charge in [-0.3, -0.25) is 9.78 Å². The molecule has 0 atom stereocenters. The average molecular weight is 380 g/mol. The first-order chi connectivity index (χ1) is 13.3. The van der Waals surface area contributed by atoms with E-state index in [2.05, 4.69) is 15.2 Å². The Hall–Kier alpha value is -2.80. The van der Waals surface area contributed by atoms with Crippen LogP contribution in [-0.4, -0.2) is 46.2 Å². The summed E-state index contributed by atoms with van der Waals surface area (Å²) in [6.45, 7) is 1.42. The monoisotopic (exact) mass is 380 g/mol. The third-order valence-electron chi connectivity index (χ3n) is 4.79. The van der Waals surface area contributed by atoms with Crippen molar-refractivity contribution in [3.8, 4) is 16.3 Å². The Morgan fingerprint density at radius 1 is 1.11 bits per heavy atom. The summed E-state index contributed by atoms with van der Waals surface area (Å²) in [5.41, 5.74) is 1.47. The summed E-state index contributed by atoms with van der Waals surface area (Å²) in [6, 6.07) is 13.3. The van der Waals surface area contributed by atoms with Crippen molar-refractivity contribution in [2.75, 3.05) is 20.2 Å². The van der Waals surface area contributed by atoms with Gasteiger partial charge in [0.15, 0.2) is 5.01 Å². The topological polar surface area (TPSA) is 68.2 Å². The number of ether oxygens (including phenoxy) is 1. The molecule has 0 N–H and O–H groups in total. The molecule has 1 fully saturated rings. The largest absolute Gasteiger partial charge is 0.496 e. The number of carbonyl (C=O) groups is 1. The first-order valence-corrected chi connectivity index (χ1v) is 9.75. The summed E-state index contributed by atoms with van der Waals surface area (Å²) in [7, 11) is 1.66. The van der Waals surface area contributed by atoms with Crippen LogP contribution < -0.4 is 4.74 Å². The maximum absolute atomic E-state index is 12.5. The highest BCUT2D eigenvalue weighted by atomic mass is 32.1. The number of methoxy groups -OCH3 is 1. The summed E-state index contributed by atoms with van der Waals surface area (Å²) in [4.78, 5) is 18.6. The number of rotatable bonds is 4. The number of benzene rings is 1. The van der Waals surface area contributed by atoms with Gasteiger partial charge in [-0.1, -0.05) is 29.5 Å². The second-order valence-corrected chi connectivity index (χ2v) is 7.44. The van der Waals surface area contributed by atoms with E-state index in [9.17, 15) is 4.79 Å². The van der Waals surface area contributed by atoms with Gasteiger partial charge in [-0.2, -0.15) is 0 Å². The van der Waals surface area contributed by atoms with Gasteiger partial charge in [-0.05, 0) is 37.1 Å². The predicted molar refractivity (Wildman–Crippen MR) is 104 cm³/mol. The molecule has 1 aliphatic rings. The average Bonchev–Trinajstić information content (AvgIpc) is 3.24. The number of nitrogens with zero attached hydrogens (tertiary/aromatic N) is 4. The summed E-state index contributed by atoms with van der Waals surface area (Å²) in [5.74, 6) is 1.13. The summed E-state index contributed by atoms with van der Waals surface area (Å²) in [6.07, 6.45) is 3.43. The molecule has 1 saturated heterocycles. The Labute approximate surface area is 161 Å². The first kappa shape index (κ1) is 17.6. The van der Waals surface area contributed by atoms with Crippen molar-refractivity contribution in [1.82, 2.24) is 20.1 Å². The van der Waals surface area contributed by atoms with Crippen molar-refractivity contribution in [2.24, 2.45) is 0 Å². The lowest BCUT2D eigenvalue weighted by atomic mass is 9.97. The first-order valence-electron chi connectivity index (χ1n) is 8.93. The number of carbonyl (C=O) groups excluding carboxylic acids is 1. The van der Waals surface area contributed by atoms with Gasteiger partial charge in [0.05, 0.1) is 12.7 Å². The van der Waals surface area contributed by atoms with Crippen molar-refractivity contribution in [2.45, 2.75) is 18.8 Å². The van der Waals surface area contributed by atoms with Gasteiger partial charge in [-0.25, -0.2) is 0 Å². The molecule has 3 heterocycles. The summed E-state index contributed by atoms with van der Waals surface area (Å²) < 4.78 is 5.43. The molecular formula is C20H20N4O2S. The van der Waals surface area contributed by atoms with E-state index < -0.39 is 0 Å². The van der Waals surface area contributed by atoms with Crippen molar-refractivity contribution in [3.63, 3.8) is 0 Å². The molecule has 0 aliphatic carbocycles. The van der Waals surface area contributed by atoms with Gasteiger partial charge in [-0.15, -0.1) is 10.2 Å². The van der Waals surface area contributed by atoms with Crippen LogP contribution in [0.1, 0.15) is 34.3 Å². The maximum Gasteiger partial charge on any atom is 0.272 e. The second kappa shape index (κ2) is 7.84. The molecule has 3 aromatic rings. The number of pyridine rings is 1. The summed E-state index contributed by atoms with van der Waals surface area (Å²) in [5, 5.41) is 10.7. The third-order valence-corrected chi connectivity index (χ3v) is 5.91. The van der Waals surface area contributed by atoms with Gasteiger partial charge in [0.2, 0.25) is 0 Å². The fraction of sp³-hybridized carbons (Fsp3) is 0.300. The number of hydrogen-bond donors (Lipinski definition) is 0. The molecule has 0 saturated carbocycles. The van der Waals surface area contributed by atoms with Crippen LogP contribution in [0.2, 0.25) is 0 Å². The Balaban J connectivity index is 1.43. The van der Waals surface area contributed by atoms with Crippen LogP contribution in [-0.2, 0) is 0 Å². The van der Waals surface area contributed by atoms with E-state index in [1.165, 1.54) is 0 Å². The molecule has 27 heavy (non-hydrogen) atoms. The number of aromatic nitrogens is 3. The molecule has 7 heteroatoms. The van der Waals surface area contributed by atoms with Gasteiger partial charge in [0.1, 0.15) is 16.5 Å². The Morgan fingerprint density at radius 2 is 1.89 bits per heavy atom. The fourth-order valence-electron chi connectivity index (χ4n) is 3.31. The van der Waals surface area contributed by atoms with Gasteiger partial charge in [0.25, 0.3) is 5.91 Å². The van der Waals surface area contributed by atoms with Crippen LogP contribution in [0.3, 0.4) is 0 Å². The van der Waals surface area contributed by atoms with Gasteiger partial charge < -0.3 is 9.64 Å². The SMILES string of the molecule is COc1ccccc1-c1nnc(C2CCN(C(=O)c3ccccn3)CC2)s1. The fourth-order valence-corrected chi connectivity index (χ4v) is 4.35. The molecule has 0 spiro atoms. The molecule has 0 bridgehead atoms. The minimum atomic E-state index is 0.000949. The highest BCUT2D eigenvalue weighted by molar-refractivity contribution is 7.14. The zero-order chi connectivity index (χ0) is 18.6. The Morgan fingerprint density at radius 3 is 2.63 bits per heavy atom. The van der Waals surface area contributed by atoms with Crippen LogP contribution in [0.15, 0.2) is 48.7 Å². The lowest BCUT2D eigenvalue weighted by Gasteiger charge is -2.30. The van der Waals surface area contributed by atoms with Gasteiger partial charge >= 0.3 is 0 Å². The highest BCUT2D eigenvalue weighted by Crippen LogP contribution is 2.36. The molecule has 1 amide bonds. The number of hydrogen-bond acceptors (Lipinski definition) is 6. The maximum atomic E-state index is 12.5. The lowest BCUT2D eigenvalue weighted by molar-refractivity contribution is 0.0707. The minimum Gasteiger partial charge on any atom is -0.496 e. The number of amides is 1. The summed E-state index contributed by atoms with van der Waals surface area (Å²) >= 11 is 1.61. The zero-order valence-corrected chi connectivity index (χ0v) is 15.9. The van der Waals surface area contributed by atoms with E-state index in [-0.39, 0.29) is 5.91 Å². The van der Waals surface area contributed by atoms with Crippen molar-refractivity contribution in [1.29, 1.82) is 0 Å². The Bertz CT molecular complexity index is 920. The molecule has 4 rings (SSSR count). The normalized spacial score (nSPS) is 14.9. The number of para-hydroxylation sites is 1.